The van der Waals surface area contributed by atoms with E-state index >= 15 is 0 Å². The Bertz CT molecular complexity index is 1430. The van der Waals surface area contributed by atoms with E-state index < -0.39 is 37.4 Å². The molecule has 0 amide bonds. The molecule has 15 nitrogen and oxygen atoms in total. The van der Waals surface area contributed by atoms with Gasteiger partial charge >= 0.3 is 33.0 Å². The molecule has 36 heavy (non-hydrogen) atoms. The summed E-state index contributed by atoms with van der Waals surface area (Å²) in [6.07, 6.45) is 0. The van der Waals surface area contributed by atoms with Gasteiger partial charge in [0, 0.05) is 33.3 Å². The van der Waals surface area contributed by atoms with Gasteiger partial charge in [0.1, 0.15) is 5.15 Å². The van der Waals surface area contributed by atoms with Crippen molar-refractivity contribution in [1.82, 2.24) is 18.3 Å². The molecule has 204 valence electrons. The first-order valence-electron chi connectivity index (χ1n) is 10.0. The normalized spacial score (nSPS) is 11.0. The van der Waals surface area contributed by atoms with Crippen LogP contribution in [0.3, 0.4) is 0 Å². The van der Waals surface area contributed by atoms with E-state index in [0.29, 0.717) is 17.0 Å². The van der Waals surface area contributed by atoms with Crippen molar-refractivity contribution in [3.63, 3.8) is 0 Å². The predicted octanol–water partition coefficient (Wildman–Crippen LogP) is 0.968. The number of halogens is 2. The SMILES string of the molecule is CC(C)Cn1c(Cl)c([N+](=O)[O-])c(=O)n(C)c1=O.CC(C)Cn1c(Cl)cc(=O)n(C)c1=O.O=S(=O)(O)O. The second kappa shape index (κ2) is 13.5. The number of hydrogen-bond acceptors (Lipinski definition) is 8. The molecule has 0 aromatic carbocycles. The molecule has 0 aliphatic heterocycles. The molecule has 0 saturated carbocycles. The zero-order chi connectivity index (χ0) is 28.7. The quantitative estimate of drug-likeness (QED) is 0.223. The van der Waals surface area contributed by atoms with Crippen LogP contribution in [0.1, 0.15) is 27.7 Å². The van der Waals surface area contributed by atoms with Gasteiger partial charge in [0.05, 0.1) is 4.92 Å². The van der Waals surface area contributed by atoms with Crippen molar-refractivity contribution >= 4 is 39.3 Å². The smallest absolute Gasteiger partial charge is 0.283 e. The molecular weight excluding hydrogens is 549 g/mol. The van der Waals surface area contributed by atoms with Crippen molar-refractivity contribution in [2.45, 2.75) is 40.8 Å². The second-order valence-electron chi connectivity index (χ2n) is 8.15. The Hall–Kier alpha value is -2.79. The van der Waals surface area contributed by atoms with Gasteiger partial charge in [0.2, 0.25) is 0 Å². The number of hydrogen-bond donors (Lipinski definition) is 2. The molecule has 0 radical (unpaired) electrons. The third-order valence-electron chi connectivity index (χ3n) is 4.08. The molecule has 0 spiro atoms. The zero-order valence-corrected chi connectivity index (χ0v) is 22.5. The van der Waals surface area contributed by atoms with E-state index in [1.807, 2.05) is 27.7 Å². The van der Waals surface area contributed by atoms with Crippen LogP contribution in [0.25, 0.3) is 0 Å². The lowest BCUT2D eigenvalue weighted by Crippen LogP contribution is -2.40. The second-order valence-corrected chi connectivity index (χ2v) is 9.79. The Morgan fingerprint density at radius 3 is 1.69 bits per heavy atom. The fourth-order valence-electron chi connectivity index (χ4n) is 2.58. The summed E-state index contributed by atoms with van der Waals surface area (Å²) in [5, 5.41) is 10.5. The molecule has 2 N–H and O–H groups in total. The van der Waals surface area contributed by atoms with Gasteiger partial charge in [-0.1, -0.05) is 50.9 Å². The van der Waals surface area contributed by atoms with Crippen molar-refractivity contribution in [2.75, 3.05) is 0 Å². The van der Waals surface area contributed by atoms with Crippen LogP contribution in [0.4, 0.5) is 5.69 Å². The van der Waals surface area contributed by atoms with Crippen LogP contribution >= 0.6 is 23.2 Å². The summed E-state index contributed by atoms with van der Waals surface area (Å²) in [7, 11) is -2.04. The lowest BCUT2D eigenvalue weighted by atomic mass is 10.2. The molecule has 0 saturated heterocycles. The van der Waals surface area contributed by atoms with Crippen molar-refractivity contribution in [1.29, 1.82) is 0 Å². The first kappa shape index (κ1) is 33.2. The summed E-state index contributed by atoms with van der Waals surface area (Å²) in [5.74, 6) is 0.380. The molecule has 2 aromatic rings. The van der Waals surface area contributed by atoms with Gasteiger partial charge in [-0.15, -0.1) is 0 Å². The molecule has 18 heteroatoms. The Morgan fingerprint density at radius 2 is 1.31 bits per heavy atom. The minimum atomic E-state index is -4.67. The van der Waals surface area contributed by atoms with Crippen molar-refractivity contribution in [3.8, 4) is 0 Å². The number of rotatable bonds is 5. The van der Waals surface area contributed by atoms with E-state index in [1.165, 1.54) is 24.7 Å². The summed E-state index contributed by atoms with van der Waals surface area (Å²) in [5.41, 5.74) is -3.16. The lowest BCUT2D eigenvalue weighted by Gasteiger charge is -2.11. The molecule has 0 atom stereocenters. The first-order chi connectivity index (χ1) is 16.2. The Kier molecular flexibility index (Phi) is 12.5. The summed E-state index contributed by atoms with van der Waals surface area (Å²) >= 11 is 11.5. The third kappa shape index (κ3) is 10.1. The van der Waals surface area contributed by atoms with E-state index in [4.69, 9.17) is 40.7 Å². The van der Waals surface area contributed by atoms with Gasteiger partial charge in [-0.2, -0.15) is 8.42 Å². The average molecular weight is 576 g/mol. The van der Waals surface area contributed by atoms with Gasteiger partial charge < -0.3 is 0 Å². The topological polar surface area (TPSA) is 206 Å². The van der Waals surface area contributed by atoms with Crippen molar-refractivity contribution in [2.24, 2.45) is 25.9 Å². The fourth-order valence-corrected chi connectivity index (χ4v) is 3.10. The van der Waals surface area contributed by atoms with Crippen LogP contribution in [0.5, 0.6) is 0 Å². The van der Waals surface area contributed by atoms with E-state index in [9.17, 15) is 29.3 Å². The maximum absolute atomic E-state index is 11.7. The monoisotopic (exact) mass is 575 g/mol. The Balaban J connectivity index is 0.000000581. The Labute approximate surface area is 214 Å². The number of aromatic nitrogens is 4. The van der Waals surface area contributed by atoms with Crippen molar-refractivity contribution < 1.29 is 22.4 Å². The van der Waals surface area contributed by atoms with Crippen LogP contribution in [0.15, 0.2) is 25.2 Å². The highest BCUT2D eigenvalue weighted by Crippen LogP contribution is 2.18. The molecule has 2 heterocycles. The molecule has 0 unspecified atom stereocenters. The largest absolute Gasteiger partial charge is 0.394 e. The van der Waals surface area contributed by atoms with E-state index in [0.717, 1.165) is 9.13 Å². The zero-order valence-electron chi connectivity index (χ0n) is 20.2. The van der Waals surface area contributed by atoms with Gasteiger partial charge in [0.15, 0.2) is 5.15 Å². The van der Waals surface area contributed by atoms with Crippen LogP contribution < -0.4 is 22.5 Å². The molecular formula is C18H27Cl2N5O10S. The molecule has 0 fully saturated rings. The summed E-state index contributed by atoms with van der Waals surface area (Å²) in [4.78, 5) is 55.9. The minimum absolute atomic E-state index is 0.0716. The van der Waals surface area contributed by atoms with E-state index in [1.54, 1.807) is 0 Å². The third-order valence-corrected chi connectivity index (χ3v) is 4.78. The van der Waals surface area contributed by atoms with Crippen LogP contribution in [-0.4, -0.2) is 40.7 Å². The molecule has 2 aromatic heterocycles. The van der Waals surface area contributed by atoms with Gasteiger partial charge in [-0.05, 0) is 11.8 Å². The lowest BCUT2D eigenvalue weighted by molar-refractivity contribution is -0.386. The van der Waals surface area contributed by atoms with Crippen molar-refractivity contribution in [3.05, 3.63) is 68.2 Å². The van der Waals surface area contributed by atoms with Crippen LogP contribution in [0, 0.1) is 22.0 Å². The highest BCUT2D eigenvalue weighted by atomic mass is 35.5. The maximum Gasteiger partial charge on any atom is 0.394 e. The molecule has 2 rings (SSSR count). The van der Waals surface area contributed by atoms with Crippen LogP contribution in [-0.2, 0) is 37.6 Å². The predicted molar refractivity (Wildman–Crippen MR) is 132 cm³/mol. The Morgan fingerprint density at radius 1 is 0.917 bits per heavy atom. The number of nitro groups is 1. The average Bonchev–Trinajstić information content (AvgIpc) is 2.70. The summed E-state index contributed by atoms with van der Waals surface area (Å²) in [6, 6.07) is 1.26. The fraction of sp³-hybridized carbons (Fsp3) is 0.556. The molecule has 0 aliphatic carbocycles. The highest BCUT2D eigenvalue weighted by Gasteiger charge is 2.25. The van der Waals surface area contributed by atoms with Gasteiger partial charge in [0.25, 0.3) is 5.56 Å². The number of nitrogens with zero attached hydrogens (tertiary/aromatic N) is 5. The maximum atomic E-state index is 11.7. The molecule has 0 bridgehead atoms. The highest BCUT2D eigenvalue weighted by molar-refractivity contribution is 7.79. The van der Waals surface area contributed by atoms with Gasteiger partial charge in [-0.3, -0.25) is 47.1 Å². The van der Waals surface area contributed by atoms with E-state index in [-0.39, 0.29) is 28.9 Å². The minimum Gasteiger partial charge on any atom is -0.283 e. The molecule has 0 aliphatic rings. The van der Waals surface area contributed by atoms with Crippen LogP contribution in [0.2, 0.25) is 10.3 Å². The summed E-state index contributed by atoms with van der Waals surface area (Å²) in [6.45, 7) is 8.36. The van der Waals surface area contributed by atoms with Gasteiger partial charge in [-0.25, -0.2) is 9.59 Å². The standard InChI is InChI=1S/C9H12ClN3O4.C9H13ClN2O2.H2O4S/c1-5(2)4-12-7(10)6(13(16)17)8(14)11(3)9(12)15;1-6(2)5-12-7(10)4-8(13)11(3)9(12)14;1-5(2,3)4/h5H,4H2,1-3H3;4,6H,5H2,1-3H3;(H2,1,2,3,4). The van der Waals surface area contributed by atoms with E-state index in [2.05, 4.69) is 0 Å². The first-order valence-corrected chi connectivity index (χ1v) is 12.2. The summed E-state index contributed by atoms with van der Waals surface area (Å²) < 4.78 is 35.8.